The van der Waals surface area contributed by atoms with E-state index in [1.54, 1.807) is 42.7 Å². The molecular formula is C30H35N7O3S. The number of anilines is 1. The lowest BCUT2D eigenvalue weighted by Gasteiger charge is -2.35. The van der Waals surface area contributed by atoms with Gasteiger partial charge >= 0.3 is 0 Å². The summed E-state index contributed by atoms with van der Waals surface area (Å²) in [4.78, 5) is 12.2. The van der Waals surface area contributed by atoms with E-state index in [-0.39, 0.29) is 10.5 Å². The number of ether oxygens (including phenoxy) is 1. The van der Waals surface area contributed by atoms with Gasteiger partial charge < -0.3 is 9.64 Å². The zero-order chi connectivity index (χ0) is 28.8. The van der Waals surface area contributed by atoms with Gasteiger partial charge in [0.05, 0.1) is 29.1 Å². The Hall–Kier alpha value is -3.80. The lowest BCUT2D eigenvalue weighted by Crippen LogP contribution is -2.39. The van der Waals surface area contributed by atoms with Crippen LogP contribution >= 0.6 is 0 Å². The molecule has 5 aromatic rings. The van der Waals surface area contributed by atoms with Crippen LogP contribution in [-0.2, 0) is 21.8 Å². The smallest absolute Gasteiger partial charge is 0.269 e. The van der Waals surface area contributed by atoms with Crippen molar-refractivity contribution in [2.45, 2.75) is 37.7 Å². The quantitative estimate of drug-likeness (QED) is 0.330. The van der Waals surface area contributed by atoms with E-state index in [9.17, 15) is 8.42 Å². The van der Waals surface area contributed by atoms with Crippen molar-refractivity contribution >= 4 is 37.8 Å². The summed E-state index contributed by atoms with van der Waals surface area (Å²) in [7, 11) is -1.96. The number of rotatable bonds is 5. The van der Waals surface area contributed by atoms with Gasteiger partial charge in [-0.1, -0.05) is 32.0 Å². The fraction of sp³-hybridized carbons (Fsp3) is 0.367. The lowest BCUT2D eigenvalue weighted by atomic mass is 9.88. The SMILES string of the molecule is CC(C)[C@]1(C)CCN(c2nc(-c3cn(S(=O)(=O)c4ccccc4)c4ncccc34)cc3cnn(C)c23)CCNCO1. The van der Waals surface area contributed by atoms with E-state index in [1.165, 1.54) is 3.97 Å². The monoisotopic (exact) mass is 573 g/mol. The Morgan fingerprint density at radius 3 is 2.68 bits per heavy atom. The Bertz CT molecular complexity index is 1810. The molecule has 10 nitrogen and oxygen atoms in total. The second-order valence-corrected chi connectivity index (χ2v) is 12.9. The highest BCUT2D eigenvalue weighted by atomic mass is 32.2. The van der Waals surface area contributed by atoms with Gasteiger partial charge in [-0.05, 0) is 49.6 Å². The summed E-state index contributed by atoms with van der Waals surface area (Å²) in [5, 5.41) is 9.59. The molecule has 5 heterocycles. The van der Waals surface area contributed by atoms with E-state index < -0.39 is 10.0 Å². The van der Waals surface area contributed by atoms with Crippen molar-refractivity contribution in [2.24, 2.45) is 13.0 Å². The molecule has 41 heavy (non-hydrogen) atoms. The van der Waals surface area contributed by atoms with Crippen molar-refractivity contribution in [2.75, 3.05) is 31.3 Å². The third kappa shape index (κ3) is 4.87. The second kappa shape index (κ2) is 10.6. The number of hydrogen-bond donors (Lipinski definition) is 1. The number of benzene rings is 1. The third-order valence-electron chi connectivity index (χ3n) is 8.27. The number of hydrogen-bond acceptors (Lipinski definition) is 8. The zero-order valence-corrected chi connectivity index (χ0v) is 24.6. The first kappa shape index (κ1) is 27.4. The predicted octanol–water partition coefficient (Wildman–Crippen LogP) is 4.41. The second-order valence-electron chi connectivity index (χ2n) is 11.1. The van der Waals surface area contributed by atoms with Crippen LogP contribution < -0.4 is 10.2 Å². The summed E-state index contributed by atoms with van der Waals surface area (Å²) in [6.45, 7) is 9.26. The third-order valence-corrected chi connectivity index (χ3v) is 9.93. The van der Waals surface area contributed by atoms with E-state index in [0.717, 1.165) is 42.8 Å². The molecule has 1 fully saturated rings. The Kier molecular flexibility index (Phi) is 7.04. The van der Waals surface area contributed by atoms with Crippen molar-refractivity contribution < 1.29 is 13.2 Å². The number of aryl methyl sites for hydroxylation is 1. The highest BCUT2D eigenvalue weighted by Crippen LogP contribution is 2.36. The Morgan fingerprint density at radius 1 is 1.10 bits per heavy atom. The molecule has 0 unspecified atom stereocenters. The van der Waals surface area contributed by atoms with E-state index in [0.29, 0.717) is 34.9 Å². The minimum atomic E-state index is -3.88. The van der Waals surface area contributed by atoms with Gasteiger partial charge in [-0.15, -0.1) is 0 Å². The summed E-state index contributed by atoms with van der Waals surface area (Å²) < 4.78 is 36.8. The molecule has 0 amide bonds. The van der Waals surface area contributed by atoms with Crippen LogP contribution in [0.5, 0.6) is 0 Å². The molecule has 4 aromatic heterocycles. The van der Waals surface area contributed by atoms with Gasteiger partial charge in [0.1, 0.15) is 5.52 Å². The van der Waals surface area contributed by atoms with Crippen molar-refractivity contribution in [3.05, 3.63) is 67.1 Å². The fourth-order valence-corrected chi connectivity index (χ4v) is 6.72. The molecule has 214 valence electrons. The van der Waals surface area contributed by atoms with Crippen LogP contribution in [0.1, 0.15) is 27.2 Å². The molecule has 11 heteroatoms. The average Bonchev–Trinajstić information content (AvgIpc) is 3.57. The summed E-state index contributed by atoms with van der Waals surface area (Å²) in [6.07, 6.45) is 5.91. The highest BCUT2D eigenvalue weighted by molar-refractivity contribution is 7.90. The van der Waals surface area contributed by atoms with E-state index in [2.05, 4.69) is 41.1 Å². The molecule has 0 saturated carbocycles. The first-order valence-electron chi connectivity index (χ1n) is 13.9. The molecule has 1 saturated heterocycles. The molecule has 1 aromatic carbocycles. The van der Waals surface area contributed by atoms with Gasteiger partial charge in [0.2, 0.25) is 0 Å². The van der Waals surface area contributed by atoms with Crippen molar-refractivity contribution in [1.29, 1.82) is 0 Å². The molecule has 0 aliphatic carbocycles. The van der Waals surface area contributed by atoms with E-state index >= 15 is 0 Å². The Labute approximate surface area is 240 Å². The normalized spacial score (nSPS) is 19.0. The van der Waals surface area contributed by atoms with Crippen LogP contribution in [0.25, 0.3) is 33.2 Å². The molecule has 1 N–H and O–H groups in total. The molecule has 6 rings (SSSR count). The fourth-order valence-electron chi connectivity index (χ4n) is 5.37. The van der Waals surface area contributed by atoms with Crippen molar-refractivity contribution in [3.63, 3.8) is 0 Å². The maximum absolute atomic E-state index is 13.7. The average molecular weight is 574 g/mol. The number of pyridine rings is 2. The molecular weight excluding hydrogens is 538 g/mol. The first-order valence-corrected chi connectivity index (χ1v) is 15.3. The summed E-state index contributed by atoms with van der Waals surface area (Å²) in [5.41, 5.74) is 2.36. The summed E-state index contributed by atoms with van der Waals surface area (Å²) in [6, 6.07) is 14.1. The Balaban J connectivity index is 1.51. The van der Waals surface area contributed by atoms with Gasteiger partial charge in [0.25, 0.3) is 10.0 Å². The largest absolute Gasteiger partial charge is 0.360 e. The first-order chi connectivity index (χ1) is 19.7. The van der Waals surface area contributed by atoms with Crippen molar-refractivity contribution in [3.8, 4) is 11.3 Å². The van der Waals surface area contributed by atoms with E-state index in [4.69, 9.17) is 9.72 Å². The molecule has 1 aliphatic rings. The van der Waals surface area contributed by atoms with Crippen LogP contribution in [0.3, 0.4) is 0 Å². The lowest BCUT2D eigenvalue weighted by molar-refractivity contribution is -0.0738. The number of fused-ring (bicyclic) bond motifs is 2. The minimum Gasteiger partial charge on any atom is -0.360 e. The van der Waals surface area contributed by atoms with Gasteiger partial charge in [0.15, 0.2) is 11.5 Å². The van der Waals surface area contributed by atoms with Crippen LogP contribution in [0, 0.1) is 5.92 Å². The summed E-state index contributed by atoms with van der Waals surface area (Å²) in [5.74, 6) is 1.15. The number of nitrogens with zero attached hydrogens (tertiary/aromatic N) is 6. The predicted molar refractivity (Wildman–Crippen MR) is 160 cm³/mol. The number of nitrogens with one attached hydrogen (secondary N) is 1. The van der Waals surface area contributed by atoms with Gasteiger partial charge in [0, 0.05) is 55.4 Å². The number of aromatic nitrogens is 5. The molecule has 0 radical (unpaired) electrons. The highest BCUT2D eigenvalue weighted by Gasteiger charge is 2.32. The zero-order valence-electron chi connectivity index (χ0n) is 23.8. The van der Waals surface area contributed by atoms with Crippen LogP contribution in [0.15, 0.2) is 72.0 Å². The van der Waals surface area contributed by atoms with Gasteiger partial charge in [-0.2, -0.15) is 5.10 Å². The molecule has 1 aliphatic heterocycles. The van der Waals surface area contributed by atoms with Crippen LogP contribution in [0.2, 0.25) is 0 Å². The summed E-state index contributed by atoms with van der Waals surface area (Å²) >= 11 is 0. The molecule has 1 atom stereocenters. The van der Waals surface area contributed by atoms with Gasteiger partial charge in [-0.25, -0.2) is 22.4 Å². The van der Waals surface area contributed by atoms with Crippen LogP contribution in [0.4, 0.5) is 5.82 Å². The van der Waals surface area contributed by atoms with E-state index in [1.807, 2.05) is 36.1 Å². The standard InChI is InChI=1S/C30H35N7O3S/c1-21(2)30(3)12-15-36(16-14-31-20-40-30)29-27-22(18-33-35(27)4)17-26(34-29)25-19-37(28-24(25)11-8-13-32-28)41(38,39)23-9-6-5-7-10-23/h5-11,13,17-19,21,31H,12,14-16,20H2,1-4H3/t30-/m0/s1. The van der Waals surface area contributed by atoms with Crippen molar-refractivity contribution in [1.82, 2.24) is 29.0 Å². The molecule has 0 spiro atoms. The minimum absolute atomic E-state index is 0.199. The molecule has 0 bridgehead atoms. The Morgan fingerprint density at radius 2 is 1.90 bits per heavy atom. The maximum atomic E-state index is 13.7. The van der Waals surface area contributed by atoms with Gasteiger partial charge in [-0.3, -0.25) is 10.00 Å². The van der Waals surface area contributed by atoms with Crippen LogP contribution in [-0.4, -0.2) is 64.1 Å². The topological polar surface area (TPSA) is 107 Å². The maximum Gasteiger partial charge on any atom is 0.269 e.